The van der Waals surface area contributed by atoms with Crippen LogP contribution in [0.4, 0.5) is 0 Å². The van der Waals surface area contributed by atoms with Gasteiger partial charge in [-0.2, -0.15) is 5.26 Å². The summed E-state index contributed by atoms with van der Waals surface area (Å²) in [5, 5.41) is 10.5. The van der Waals surface area contributed by atoms with Gasteiger partial charge >= 0.3 is 0 Å². The Bertz CT molecular complexity index is 65.4. The number of nitrogens with one attached hydrogen (secondary N) is 1. The largest absolute Gasteiger partial charge is 0.307 e. The van der Waals surface area contributed by atoms with Crippen molar-refractivity contribution >= 4 is 11.8 Å². The molecule has 0 aromatic carbocycles. The van der Waals surface area contributed by atoms with Crippen LogP contribution in [0.1, 0.15) is 6.92 Å². The maximum atomic E-state index is 7.32. The second kappa shape index (κ2) is 6.80. The summed E-state index contributed by atoms with van der Waals surface area (Å²) in [6, 6.07) is 1.75. The van der Waals surface area contributed by atoms with Gasteiger partial charge in [0, 0.05) is 25.1 Å². The van der Waals surface area contributed by atoms with E-state index in [0.29, 0.717) is 0 Å². The van der Waals surface area contributed by atoms with Gasteiger partial charge in [0.15, 0.2) is 0 Å². The van der Waals surface area contributed by atoms with Gasteiger partial charge in [0.2, 0.25) is 0 Å². The van der Waals surface area contributed by atoms with Crippen LogP contribution in [0.25, 0.3) is 0 Å². The Kier molecular flexibility index (Phi) is 6.63. The number of rotatable bonds is 0. The van der Waals surface area contributed by atoms with Crippen LogP contribution in [-0.4, -0.2) is 18.2 Å². The highest BCUT2D eigenvalue weighted by molar-refractivity contribution is 7.99. The van der Waals surface area contributed by atoms with Crippen LogP contribution >= 0.6 is 11.8 Å². The maximum Gasteiger partial charge on any atom is 0.0587 e. The predicted molar refractivity (Wildman–Crippen MR) is 36.6 cm³/mol. The topological polar surface area (TPSA) is 35.8 Å². The van der Waals surface area contributed by atoms with Crippen molar-refractivity contribution in [1.82, 2.24) is 5.32 Å². The lowest BCUT2D eigenvalue weighted by atomic mass is 10.8. The monoisotopic (exact) mass is 130 g/mol. The first-order valence-corrected chi connectivity index (χ1v) is 3.66. The molecule has 1 N–H and O–H groups in total. The van der Waals surface area contributed by atoms with Gasteiger partial charge in [0.1, 0.15) is 0 Å². The van der Waals surface area contributed by atoms with Crippen molar-refractivity contribution in [3.8, 4) is 6.07 Å². The number of hydrogen-bond acceptors (Lipinski definition) is 3. The van der Waals surface area contributed by atoms with E-state index in [1.165, 1.54) is 25.1 Å². The fraction of sp³-hybridized carbons (Fsp3) is 0.800. The van der Waals surface area contributed by atoms with Gasteiger partial charge in [0.05, 0.1) is 6.07 Å². The molecular formula is C5H10N2S. The maximum absolute atomic E-state index is 7.32. The molecule has 1 fully saturated rings. The van der Waals surface area contributed by atoms with Crippen molar-refractivity contribution in [2.24, 2.45) is 0 Å². The van der Waals surface area contributed by atoms with E-state index in [4.69, 9.17) is 5.26 Å². The zero-order valence-electron chi connectivity index (χ0n) is 4.98. The molecule has 0 bridgehead atoms. The summed E-state index contributed by atoms with van der Waals surface area (Å²) in [5.74, 6) is 2.47. The molecule has 1 rings (SSSR count). The molecule has 0 saturated carbocycles. The Labute approximate surface area is 54.3 Å². The van der Waals surface area contributed by atoms with Crippen LogP contribution in [0.3, 0.4) is 0 Å². The summed E-state index contributed by atoms with van der Waals surface area (Å²) in [7, 11) is 0. The lowest BCUT2D eigenvalue weighted by Gasteiger charge is -1.74. The summed E-state index contributed by atoms with van der Waals surface area (Å²) in [6.07, 6.45) is 0. The molecule has 0 spiro atoms. The van der Waals surface area contributed by atoms with Crippen LogP contribution in [0.5, 0.6) is 0 Å². The summed E-state index contributed by atoms with van der Waals surface area (Å²) >= 11 is 1.96. The lowest BCUT2D eigenvalue weighted by Crippen LogP contribution is -2.04. The lowest BCUT2D eigenvalue weighted by molar-refractivity contribution is 0.885. The molecule has 2 nitrogen and oxygen atoms in total. The van der Waals surface area contributed by atoms with Crippen molar-refractivity contribution in [2.45, 2.75) is 6.92 Å². The van der Waals surface area contributed by atoms with E-state index in [1.807, 2.05) is 11.8 Å². The molecular weight excluding hydrogens is 120 g/mol. The van der Waals surface area contributed by atoms with E-state index in [9.17, 15) is 0 Å². The molecule has 0 atom stereocenters. The van der Waals surface area contributed by atoms with Crippen molar-refractivity contribution in [3.05, 3.63) is 0 Å². The molecule has 0 amide bonds. The molecule has 0 aromatic rings. The third kappa shape index (κ3) is 5.80. The zero-order valence-corrected chi connectivity index (χ0v) is 5.79. The highest BCUT2D eigenvalue weighted by atomic mass is 32.2. The molecule has 1 heterocycles. The summed E-state index contributed by atoms with van der Waals surface area (Å²) in [5.41, 5.74) is 0. The van der Waals surface area contributed by atoms with Crippen molar-refractivity contribution in [3.63, 3.8) is 0 Å². The molecule has 3 heteroatoms. The van der Waals surface area contributed by atoms with Gasteiger partial charge in [0.25, 0.3) is 0 Å². The van der Waals surface area contributed by atoms with Gasteiger partial charge in [-0.05, 0) is 0 Å². The second-order valence-electron chi connectivity index (χ2n) is 1.28. The molecule has 0 aliphatic carbocycles. The Hall–Kier alpha value is -0.200. The third-order valence-corrected chi connectivity index (χ3v) is 1.53. The molecule has 1 aliphatic heterocycles. The SMILES string of the molecule is C1CSCN1.CC#N. The molecule has 1 aliphatic rings. The zero-order chi connectivity index (χ0) is 6.24. The van der Waals surface area contributed by atoms with E-state index in [0.717, 1.165) is 0 Å². The number of thioether (sulfide) groups is 1. The van der Waals surface area contributed by atoms with E-state index in [-0.39, 0.29) is 0 Å². The van der Waals surface area contributed by atoms with Gasteiger partial charge in [-0.1, -0.05) is 0 Å². The molecule has 0 unspecified atom stereocenters. The predicted octanol–water partition coefficient (Wildman–Crippen LogP) is 0.810. The molecule has 8 heavy (non-hydrogen) atoms. The Balaban J connectivity index is 0.000000145. The average molecular weight is 130 g/mol. The average Bonchev–Trinajstić information content (AvgIpc) is 2.17. The standard InChI is InChI=1S/C3H7NS.C2H3N/c1-2-5-3-4-1;1-2-3/h4H,1-3H2;1H3. The fourth-order valence-electron chi connectivity index (χ4n) is 0.361. The molecule has 0 aromatic heterocycles. The summed E-state index contributed by atoms with van der Waals surface area (Å²) < 4.78 is 0. The third-order valence-electron chi connectivity index (χ3n) is 0.627. The van der Waals surface area contributed by atoms with E-state index >= 15 is 0 Å². The van der Waals surface area contributed by atoms with E-state index in [1.54, 1.807) is 6.07 Å². The fourth-order valence-corrected chi connectivity index (χ4v) is 1.08. The molecule has 46 valence electrons. The number of hydrogen-bond donors (Lipinski definition) is 1. The van der Waals surface area contributed by atoms with Crippen molar-refractivity contribution < 1.29 is 0 Å². The second-order valence-corrected chi connectivity index (χ2v) is 2.38. The summed E-state index contributed by atoms with van der Waals surface area (Å²) in [4.78, 5) is 0. The van der Waals surface area contributed by atoms with Crippen LogP contribution in [0, 0.1) is 11.3 Å². The van der Waals surface area contributed by atoms with Gasteiger partial charge in [-0.15, -0.1) is 11.8 Å². The minimum Gasteiger partial charge on any atom is -0.307 e. The Morgan fingerprint density at radius 3 is 2.50 bits per heavy atom. The van der Waals surface area contributed by atoms with Crippen LogP contribution in [-0.2, 0) is 0 Å². The van der Waals surface area contributed by atoms with Gasteiger partial charge < -0.3 is 5.32 Å². The molecule has 1 saturated heterocycles. The van der Waals surface area contributed by atoms with E-state index in [2.05, 4.69) is 5.32 Å². The first kappa shape index (κ1) is 7.80. The van der Waals surface area contributed by atoms with Crippen molar-refractivity contribution in [1.29, 1.82) is 5.26 Å². The van der Waals surface area contributed by atoms with Crippen molar-refractivity contribution in [2.75, 3.05) is 18.2 Å². The number of nitrogens with zero attached hydrogens (tertiary/aromatic N) is 1. The highest BCUT2D eigenvalue weighted by Crippen LogP contribution is 1.99. The number of nitriles is 1. The van der Waals surface area contributed by atoms with Crippen LogP contribution in [0.2, 0.25) is 0 Å². The Morgan fingerprint density at radius 2 is 2.38 bits per heavy atom. The normalized spacial score (nSPS) is 16.0. The van der Waals surface area contributed by atoms with E-state index < -0.39 is 0 Å². The first-order valence-electron chi connectivity index (χ1n) is 2.51. The minimum atomic E-state index is 1.17. The first-order chi connectivity index (χ1) is 3.91. The smallest absolute Gasteiger partial charge is 0.0587 e. The molecule has 0 radical (unpaired) electrons. The quantitative estimate of drug-likeness (QED) is 0.527. The Morgan fingerprint density at radius 1 is 1.75 bits per heavy atom. The van der Waals surface area contributed by atoms with Crippen LogP contribution < -0.4 is 5.32 Å². The van der Waals surface area contributed by atoms with Gasteiger partial charge in [-0.25, -0.2) is 0 Å². The highest BCUT2D eigenvalue weighted by Gasteiger charge is 1.93. The van der Waals surface area contributed by atoms with Gasteiger partial charge in [-0.3, -0.25) is 0 Å². The summed E-state index contributed by atoms with van der Waals surface area (Å²) in [6.45, 7) is 2.64. The minimum absolute atomic E-state index is 1.17. The van der Waals surface area contributed by atoms with Crippen LogP contribution in [0.15, 0.2) is 0 Å².